The topological polar surface area (TPSA) is 57.9 Å². The summed E-state index contributed by atoms with van der Waals surface area (Å²) in [5.41, 5.74) is -1.06. The molecule has 1 rings (SSSR count). The smallest absolute Gasteiger partial charge is 0.224 e. The molecule has 0 aliphatic heterocycles. The van der Waals surface area contributed by atoms with E-state index >= 15 is 0 Å². The summed E-state index contributed by atoms with van der Waals surface area (Å²) < 4.78 is 60.6. The molecule has 98 valence electrons. The van der Waals surface area contributed by atoms with E-state index in [4.69, 9.17) is 16.9 Å². The normalized spacial score (nSPS) is 13.9. The molecule has 1 aromatic carbocycles. The minimum absolute atomic E-state index is 0.502. The summed E-state index contributed by atoms with van der Waals surface area (Å²) in [6.07, 6.45) is -4.62. The van der Waals surface area contributed by atoms with E-state index in [1.807, 2.05) is 0 Å². The van der Waals surface area contributed by atoms with Crippen LogP contribution in [0.1, 0.15) is 5.56 Å². The van der Waals surface area contributed by atoms with Crippen LogP contribution in [-0.2, 0) is 16.0 Å². The number of halogens is 4. The molecule has 0 aliphatic rings. The molecule has 0 fully saturated rings. The Bertz CT molecular complexity index is 578. The third-order valence-electron chi connectivity index (χ3n) is 2.03. The zero-order valence-corrected chi connectivity index (χ0v) is 10.4. The molecule has 1 unspecified atom stereocenters. The zero-order valence-electron chi connectivity index (χ0n) is 8.78. The largest absolute Gasteiger partial charge is 0.416 e. The molecule has 0 aromatic heterocycles. The maximum absolute atomic E-state index is 12.4. The van der Waals surface area contributed by atoms with E-state index in [2.05, 4.69) is 0 Å². The molecule has 0 amide bonds. The highest BCUT2D eigenvalue weighted by Gasteiger charge is 2.32. The van der Waals surface area contributed by atoms with Crippen LogP contribution in [0.4, 0.5) is 13.2 Å². The van der Waals surface area contributed by atoms with Crippen LogP contribution < -0.4 is 0 Å². The second-order valence-electron chi connectivity index (χ2n) is 3.40. The minimum atomic E-state index is -4.62. The first-order valence-corrected chi connectivity index (χ1v) is 6.69. The first-order valence-electron chi connectivity index (χ1n) is 4.60. The fraction of sp³-hybridized carbons (Fsp3) is 0.300. The van der Waals surface area contributed by atoms with E-state index in [1.165, 1.54) is 6.07 Å². The molecule has 1 atom stereocenters. The third kappa shape index (κ3) is 3.62. The Labute approximate surface area is 107 Å². The van der Waals surface area contributed by atoms with Crippen molar-refractivity contribution in [1.29, 1.82) is 5.26 Å². The lowest BCUT2D eigenvalue weighted by atomic mass is 10.2. The van der Waals surface area contributed by atoms with Crippen molar-refractivity contribution >= 4 is 21.4 Å². The second-order valence-corrected chi connectivity index (χ2v) is 5.96. The number of nitriles is 1. The summed E-state index contributed by atoms with van der Waals surface area (Å²) in [7, 11) is -4.01. The van der Waals surface area contributed by atoms with Crippen molar-refractivity contribution in [3.8, 4) is 6.07 Å². The predicted molar refractivity (Wildman–Crippen MR) is 58.8 cm³/mol. The van der Waals surface area contributed by atoms with Crippen LogP contribution >= 0.6 is 11.6 Å². The number of sulfone groups is 1. The van der Waals surface area contributed by atoms with E-state index in [0.717, 1.165) is 18.2 Å². The molecule has 0 aliphatic carbocycles. The van der Waals surface area contributed by atoms with Crippen molar-refractivity contribution in [2.24, 2.45) is 0 Å². The first-order chi connectivity index (χ1) is 8.16. The first kappa shape index (κ1) is 14.8. The summed E-state index contributed by atoms with van der Waals surface area (Å²) in [6.45, 7) is 0. The van der Waals surface area contributed by atoms with Gasteiger partial charge in [-0.3, -0.25) is 0 Å². The maximum atomic E-state index is 12.4. The molecule has 0 heterocycles. The van der Waals surface area contributed by atoms with E-state index in [1.54, 1.807) is 0 Å². The highest BCUT2D eigenvalue weighted by atomic mass is 35.5. The lowest BCUT2D eigenvalue weighted by Crippen LogP contribution is -2.16. The van der Waals surface area contributed by atoms with Gasteiger partial charge < -0.3 is 0 Å². The van der Waals surface area contributed by atoms with E-state index in [9.17, 15) is 21.6 Å². The minimum Gasteiger partial charge on any atom is -0.224 e. The lowest BCUT2D eigenvalue weighted by Gasteiger charge is -2.09. The van der Waals surface area contributed by atoms with Gasteiger partial charge in [-0.05, 0) is 18.2 Å². The standard InChI is InChI=1S/C10H7ClF3NO2S/c11-8(5-15)6-18(16,17)9-3-1-2-7(4-9)10(12,13)14/h1-4,8H,6H2. The Kier molecular flexibility index (Phi) is 4.24. The monoisotopic (exact) mass is 297 g/mol. The highest BCUT2D eigenvalue weighted by Crippen LogP contribution is 2.30. The van der Waals surface area contributed by atoms with Crippen molar-refractivity contribution in [2.45, 2.75) is 16.4 Å². The van der Waals surface area contributed by atoms with Crippen molar-refractivity contribution in [3.05, 3.63) is 29.8 Å². The fourth-order valence-corrected chi connectivity index (χ4v) is 2.93. The summed E-state index contributed by atoms with van der Waals surface area (Å²) in [5.74, 6) is -0.730. The zero-order chi connectivity index (χ0) is 14.0. The molecule has 0 saturated carbocycles. The number of nitrogens with zero attached hydrogens (tertiary/aromatic N) is 1. The van der Waals surface area contributed by atoms with Crippen molar-refractivity contribution < 1.29 is 21.6 Å². The Morgan fingerprint density at radius 1 is 1.39 bits per heavy atom. The predicted octanol–water partition coefficient (Wildman–Crippen LogP) is 2.61. The van der Waals surface area contributed by atoms with Gasteiger partial charge in [-0.1, -0.05) is 6.07 Å². The molecule has 0 saturated heterocycles. The average molecular weight is 298 g/mol. The maximum Gasteiger partial charge on any atom is 0.416 e. The molecule has 8 heteroatoms. The molecule has 3 nitrogen and oxygen atoms in total. The SMILES string of the molecule is N#CC(Cl)CS(=O)(=O)c1cccc(C(F)(F)F)c1. The van der Waals surface area contributed by atoms with Gasteiger partial charge in [0.05, 0.1) is 22.3 Å². The van der Waals surface area contributed by atoms with E-state index in [0.29, 0.717) is 6.07 Å². The quantitative estimate of drug-likeness (QED) is 0.806. The van der Waals surface area contributed by atoms with Gasteiger partial charge in [0, 0.05) is 0 Å². The molecular formula is C10H7ClF3NO2S. The van der Waals surface area contributed by atoms with Gasteiger partial charge >= 0.3 is 6.18 Å². The Morgan fingerprint density at radius 2 is 2.00 bits per heavy atom. The molecule has 0 N–H and O–H groups in total. The highest BCUT2D eigenvalue weighted by molar-refractivity contribution is 7.91. The van der Waals surface area contributed by atoms with E-state index in [-0.39, 0.29) is 0 Å². The van der Waals surface area contributed by atoms with Crippen molar-refractivity contribution in [3.63, 3.8) is 0 Å². The number of hydrogen-bond acceptors (Lipinski definition) is 3. The molecule has 1 aromatic rings. The summed E-state index contributed by atoms with van der Waals surface area (Å²) in [6, 6.07) is 4.81. The summed E-state index contributed by atoms with van der Waals surface area (Å²) >= 11 is 5.37. The molecule has 0 spiro atoms. The van der Waals surface area contributed by atoms with Crippen LogP contribution in [0.3, 0.4) is 0 Å². The summed E-state index contributed by atoms with van der Waals surface area (Å²) in [4.78, 5) is -0.502. The van der Waals surface area contributed by atoms with Gasteiger partial charge in [0.1, 0.15) is 5.38 Å². The number of hydrogen-bond donors (Lipinski definition) is 0. The number of alkyl halides is 4. The van der Waals surface area contributed by atoms with Gasteiger partial charge in [0.25, 0.3) is 0 Å². The third-order valence-corrected chi connectivity index (χ3v) is 4.21. The number of rotatable bonds is 3. The Morgan fingerprint density at radius 3 is 2.50 bits per heavy atom. The van der Waals surface area contributed by atoms with Crippen LogP contribution in [0.15, 0.2) is 29.2 Å². The van der Waals surface area contributed by atoms with Gasteiger partial charge in [-0.15, -0.1) is 11.6 Å². The Hall–Kier alpha value is -1.26. The lowest BCUT2D eigenvalue weighted by molar-refractivity contribution is -0.137. The fourth-order valence-electron chi connectivity index (χ4n) is 1.19. The molecule has 0 bridgehead atoms. The van der Waals surface area contributed by atoms with Gasteiger partial charge in [-0.25, -0.2) is 8.42 Å². The van der Waals surface area contributed by atoms with Crippen molar-refractivity contribution in [2.75, 3.05) is 5.75 Å². The van der Waals surface area contributed by atoms with E-state index < -0.39 is 37.6 Å². The van der Waals surface area contributed by atoms with Gasteiger partial charge in [0.15, 0.2) is 9.84 Å². The van der Waals surface area contributed by atoms with Crippen LogP contribution in [0.2, 0.25) is 0 Å². The van der Waals surface area contributed by atoms with Gasteiger partial charge in [-0.2, -0.15) is 18.4 Å². The summed E-state index contributed by atoms with van der Waals surface area (Å²) in [5, 5.41) is 7.10. The molecular weight excluding hydrogens is 291 g/mol. The van der Waals surface area contributed by atoms with Crippen molar-refractivity contribution in [1.82, 2.24) is 0 Å². The number of benzene rings is 1. The average Bonchev–Trinajstić information content (AvgIpc) is 2.27. The van der Waals surface area contributed by atoms with Crippen LogP contribution in [0, 0.1) is 11.3 Å². The van der Waals surface area contributed by atoms with Crippen LogP contribution in [0.25, 0.3) is 0 Å². The molecule has 0 radical (unpaired) electrons. The van der Waals surface area contributed by atoms with Crippen LogP contribution in [-0.4, -0.2) is 19.5 Å². The van der Waals surface area contributed by atoms with Crippen LogP contribution in [0.5, 0.6) is 0 Å². The Balaban J connectivity index is 3.16. The molecule has 18 heavy (non-hydrogen) atoms. The van der Waals surface area contributed by atoms with Gasteiger partial charge in [0.2, 0.25) is 0 Å². The second kappa shape index (κ2) is 5.16.